The van der Waals surface area contributed by atoms with E-state index in [0.29, 0.717) is 12.5 Å². The summed E-state index contributed by atoms with van der Waals surface area (Å²) in [5.74, 6) is 1.16. The molecule has 7 heteroatoms. The van der Waals surface area contributed by atoms with Gasteiger partial charge >= 0.3 is 0 Å². The van der Waals surface area contributed by atoms with E-state index in [9.17, 15) is 8.42 Å². The molecule has 0 saturated carbocycles. The topological polar surface area (TPSA) is 58.6 Å². The lowest BCUT2D eigenvalue weighted by Crippen LogP contribution is -2.38. The van der Waals surface area contributed by atoms with Crippen molar-refractivity contribution < 1.29 is 13.2 Å². The lowest BCUT2D eigenvalue weighted by molar-refractivity contribution is 0.180. The molecule has 1 N–H and O–H groups in total. The molecule has 1 fully saturated rings. The highest BCUT2D eigenvalue weighted by atomic mass is 32.2. The van der Waals surface area contributed by atoms with Crippen molar-refractivity contribution in [3.05, 3.63) is 52.2 Å². The van der Waals surface area contributed by atoms with Crippen LogP contribution in [0, 0.1) is 5.92 Å². The Hall–Kier alpha value is -1.41. The minimum atomic E-state index is -3.31. The Morgan fingerprint density at radius 3 is 2.54 bits per heavy atom. The largest absolute Gasteiger partial charge is 0.497 e. The predicted molar refractivity (Wildman–Crippen MR) is 106 cm³/mol. The van der Waals surface area contributed by atoms with Gasteiger partial charge in [-0.25, -0.2) is 13.1 Å². The summed E-state index contributed by atoms with van der Waals surface area (Å²) >= 11 is 1.79. The maximum Gasteiger partial charge on any atom is 0.215 e. The second-order valence-electron chi connectivity index (χ2n) is 6.75. The highest BCUT2D eigenvalue weighted by molar-refractivity contribution is 7.88. The normalized spacial score (nSPS) is 16.7. The fourth-order valence-electron chi connectivity index (χ4n) is 3.21. The Balaban J connectivity index is 1.42. The van der Waals surface area contributed by atoms with Crippen LogP contribution in [0.2, 0.25) is 0 Å². The summed E-state index contributed by atoms with van der Waals surface area (Å²) in [5, 5.41) is 2.11. The summed E-state index contributed by atoms with van der Waals surface area (Å²) in [4.78, 5) is 3.84. The molecule has 1 aromatic heterocycles. The fourth-order valence-corrected chi connectivity index (χ4v) is 5.18. The van der Waals surface area contributed by atoms with Crippen molar-refractivity contribution in [3.63, 3.8) is 0 Å². The monoisotopic (exact) mass is 394 g/mol. The second-order valence-corrected chi connectivity index (χ2v) is 9.59. The van der Waals surface area contributed by atoms with Gasteiger partial charge in [0, 0.05) is 18.0 Å². The molecule has 0 unspecified atom stereocenters. The first-order valence-electron chi connectivity index (χ1n) is 8.89. The molecular formula is C19H26N2O3S2. The predicted octanol–water partition coefficient (Wildman–Crippen LogP) is 3.09. The summed E-state index contributed by atoms with van der Waals surface area (Å²) in [6.45, 7) is 3.60. The first-order valence-corrected chi connectivity index (χ1v) is 11.4. The van der Waals surface area contributed by atoms with E-state index in [4.69, 9.17) is 4.74 Å². The molecule has 1 aliphatic rings. The smallest absolute Gasteiger partial charge is 0.215 e. The number of hydrogen-bond acceptors (Lipinski definition) is 5. The van der Waals surface area contributed by atoms with E-state index in [-0.39, 0.29) is 5.75 Å². The Bertz CT molecular complexity index is 766. The minimum absolute atomic E-state index is 0.00815. The molecule has 0 amide bonds. The van der Waals surface area contributed by atoms with E-state index < -0.39 is 10.0 Å². The Morgan fingerprint density at radius 2 is 1.92 bits per heavy atom. The van der Waals surface area contributed by atoms with Crippen molar-refractivity contribution in [1.29, 1.82) is 0 Å². The number of hydrogen-bond donors (Lipinski definition) is 1. The Labute approximate surface area is 160 Å². The van der Waals surface area contributed by atoms with Gasteiger partial charge < -0.3 is 4.74 Å². The molecule has 0 atom stereocenters. The van der Waals surface area contributed by atoms with Crippen LogP contribution in [-0.4, -0.2) is 40.1 Å². The lowest BCUT2D eigenvalue weighted by atomic mass is 9.97. The van der Waals surface area contributed by atoms with Crippen molar-refractivity contribution >= 4 is 21.4 Å². The molecule has 2 aromatic rings. The first kappa shape index (κ1) is 19.4. The van der Waals surface area contributed by atoms with Gasteiger partial charge in [0.05, 0.1) is 12.9 Å². The highest BCUT2D eigenvalue weighted by Gasteiger charge is 2.21. The SMILES string of the molecule is COc1ccc(CS(=O)(=O)NCC2CCN(Cc3cccs3)CC2)cc1. The van der Waals surface area contributed by atoms with Crippen molar-refractivity contribution in [2.45, 2.75) is 25.1 Å². The van der Waals surface area contributed by atoms with Gasteiger partial charge in [-0.1, -0.05) is 18.2 Å². The van der Waals surface area contributed by atoms with Crippen LogP contribution < -0.4 is 9.46 Å². The van der Waals surface area contributed by atoms with E-state index in [1.54, 1.807) is 42.7 Å². The van der Waals surface area contributed by atoms with Gasteiger partial charge in [-0.15, -0.1) is 11.3 Å². The third kappa shape index (κ3) is 5.81. The molecule has 1 aromatic carbocycles. The number of methoxy groups -OCH3 is 1. The van der Waals surface area contributed by atoms with Crippen LogP contribution in [0.3, 0.4) is 0 Å². The minimum Gasteiger partial charge on any atom is -0.497 e. The van der Waals surface area contributed by atoms with Crippen LogP contribution in [-0.2, 0) is 22.3 Å². The number of piperidine rings is 1. The quantitative estimate of drug-likeness (QED) is 0.747. The summed E-state index contributed by atoms with van der Waals surface area (Å²) in [6.07, 6.45) is 2.08. The number of thiophene rings is 1. The fraction of sp³-hybridized carbons (Fsp3) is 0.474. The van der Waals surface area contributed by atoms with E-state index in [0.717, 1.165) is 43.8 Å². The summed E-state index contributed by atoms with van der Waals surface area (Å²) in [7, 11) is -1.71. The van der Waals surface area contributed by atoms with Crippen LogP contribution in [0.1, 0.15) is 23.3 Å². The van der Waals surface area contributed by atoms with E-state index >= 15 is 0 Å². The van der Waals surface area contributed by atoms with Crippen LogP contribution in [0.4, 0.5) is 0 Å². The average molecular weight is 395 g/mol. The van der Waals surface area contributed by atoms with Crippen LogP contribution in [0.5, 0.6) is 5.75 Å². The van der Waals surface area contributed by atoms with E-state index in [2.05, 4.69) is 27.1 Å². The number of benzene rings is 1. The summed E-state index contributed by atoms with van der Waals surface area (Å²) in [5.41, 5.74) is 0.768. The van der Waals surface area contributed by atoms with Crippen molar-refractivity contribution in [3.8, 4) is 5.75 Å². The van der Waals surface area contributed by atoms with Gasteiger partial charge in [0.1, 0.15) is 5.75 Å². The van der Waals surface area contributed by atoms with Gasteiger partial charge in [-0.05, 0) is 61.0 Å². The molecule has 142 valence electrons. The Morgan fingerprint density at radius 1 is 1.19 bits per heavy atom. The maximum atomic E-state index is 12.3. The zero-order chi connectivity index (χ0) is 18.4. The molecule has 1 aliphatic heterocycles. The standard InChI is InChI=1S/C19H26N2O3S2/c1-24-18-6-4-17(5-7-18)15-26(22,23)20-13-16-8-10-21(11-9-16)14-19-3-2-12-25-19/h2-7,12,16,20H,8-11,13-15H2,1H3. The number of rotatable bonds is 8. The molecule has 26 heavy (non-hydrogen) atoms. The summed E-state index contributed by atoms with van der Waals surface area (Å²) < 4.78 is 32.5. The van der Waals surface area contributed by atoms with Crippen molar-refractivity contribution in [2.75, 3.05) is 26.7 Å². The van der Waals surface area contributed by atoms with Gasteiger partial charge in [0.15, 0.2) is 0 Å². The molecule has 2 heterocycles. The maximum absolute atomic E-state index is 12.3. The molecule has 3 rings (SSSR count). The number of nitrogens with zero attached hydrogens (tertiary/aromatic N) is 1. The van der Waals surface area contributed by atoms with Crippen LogP contribution in [0.15, 0.2) is 41.8 Å². The second kappa shape index (κ2) is 8.99. The van der Waals surface area contributed by atoms with Gasteiger partial charge in [0.25, 0.3) is 0 Å². The number of sulfonamides is 1. The van der Waals surface area contributed by atoms with Gasteiger partial charge in [-0.3, -0.25) is 4.90 Å². The molecule has 0 bridgehead atoms. The van der Waals surface area contributed by atoms with Gasteiger partial charge in [0.2, 0.25) is 10.0 Å². The average Bonchev–Trinajstić information content (AvgIpc) is 3.15. The van der Waals surface area contributed by atoms with Crippen LogP contribution >= 0.6 is 11.3 Å². The highest BCUT2D eigenvalue weighted by Crippen LogP contribution is 2.20. The number of ether oxygens (including phenoxy) is 1. The number of likely N-dealkylation sites (tertiary alicyclic amines) is 1. The first-order chi connectivity index (χ1) is 12.5. The van der Waals surface area contributed by atoms with E-state index in [1.165, 1.54) is 4.88 Å². The van der Waals surface area contributed by atoms with Crippen molar-refractivity contribution in [2.24, 2.45) is 5.92 Å². The summed E-state index contributed by atoms with van der Waals surface area (Å²) in [6, 6.07) is 11.4. The third-order valence-electron chi connectivity index (χ3n) is 4.77. The van der Waals surface area contributed by atoms with Gasteiger partial charge in [-0.2, -0.15) is 0 Å². The zero-order valence-electron chi connectivity index (χ0n) is 15.1. The van der Waals surface area contributed by atoms with Crippen LogP contribution in [0.25, 0.3) is 0 Å². The van der Waals surface area contributed by atoms with Crippen molar-refractivity contribution in [1.82, 2.24) is 9.62 Å². The molecule has 0 spiro atoms. The lowest BCUT2D eigenvalue weighted by Gasteiger charge is -2.31. The molecule has 0 aliphatic carbocycles. The molecular weight excluding hydrogens is 368 g/mol. The number of nitrogens with one attached hydrogen (secondary N) is 1. The molecule has 5 nitrogen and oxygen atoms in total. The molecule has 0 radical (unpaired) electrons. The third-order valence-corrected chi connectivity index (χ3v) is 6.96. The molecule has 1 saturated heterocycles. The Kier molecular flexibility index (Phi) is 6.69. The zero-order valence-corrected chi connectivity index (χ0v) is 16.7. The van der Waals surface area contributed by atoms with E-state index in [1.807, 2.05) is 0 Å².